The first-order valence-corrected chi connectivity index (χ1v) is 17.5. The van der Waals surface area contributed by atoms with Gasteiger partial charge in [0, 0.05) is 42.0 Å². The monoisotopic (exact) mass is 579 g/mol. The first kappa shape index (κ1) is 27.5. The van der Waals surface area contributed by atoms with Crippen LogP contribution in [0.3, 0.4) is 0 Å². The van der Waals surface area contributed by atoms with E-state index in [1.165, 1.54) is 0 Å². The van der Waals surface area contributed by atoms with Gasteiger partial charge in [0.1, 0.15) is 19.3 Å². The SMILES string of the molecule is CC(C)(C)OC(=O)N1CCn2cc(C3=C(c4cnc5ccccn45)C(=O)NC3=O)c3cc(C#C[Si](C)(C)C)cc(c32)C1. The van der Waals surface area contributed by atoms with Crippen molar-refractivity contribution in [3.8, 4) is 11.5 Å². The van der Waals surface area contributed by atoms with Crippen LogP contribution in [-0.2, 0) is 27.4 Å². The zero-order valence-corrected chi connectivity index (χ0v) is 25.7. The third kappa shape index (κ3) is 5.01. The molecule has 0 spiro atoms. The summed E-state index contributed by atoms with van der Waals surface area (Å²) in [5, 5.41) is 3.32. The number of fused-ring (bicyclic) bond motifs is 1. The number of hydrogen-bond acceptors (Lipinski definition) is 5. The summed E-state index contributed by atoms with van der Waals surface area (Å²) in [4.78, 5) is 45.9. The number of pyridine rings is 1. The average Bonchev–Trinajstić information content (AvgIpc) is 3.51. The number of imidazole rings is 1. The van der Waals surface area contributed by atoms with Gasteiger partial charge in [0.15, 0.2) is 0 Å². The topological polar surface area (TPSA) is 97.9 Å². The van der Waals surface area contributed by atoms with Crippen LogP contribution in [0.15, 0.2) is 48.9 Å². The fraction of sp³-hybridized carbons (Fsp3) is 0.312. The lowest BCUT2D eigenvalue weighted by molar-refractivity contribution is -0.122. The Kier molecular flexibility index (Phi) is 6.39. The average molecular weight is 580 g/mol. The van der Waals surface area contributed by atoms with E-state index in [-0.39, 0.29) is 11.7 Å². The van der Waals surface area contributed by atoms with Crippen molar-refractivity contribution in [1.29, 1.82) is 0 Å². The maximum absolute atomic E-state index is 13.4. The summed E-state index contributed by atoms with van der Waals surface area (Å²) in [6.45, 7) is 13.4. The van der Waals surface area contributed by atoms with Crippen molar-refractivity contribution in [3.05, 3.63) is 71.3 Å². The Hall–Kier alpha value is -4.62. The third-order valence-electron chi connectivity index (χ3n) is 7.13. The number of imide groups is 1. The van der Waals surface area contributed by atoms with Crippen molar-refractivity contribution < 1.29 is 19.1 Å². The Balaban J connectivity index is 1.58. The van der Waals surface area contributed by atoms with Gasteiger partial charge < -0.3 is 14.2 Å². The highest BCUT2D eigenvalue weighted by atomic mass is 28.3. The highest BCUT2D eigenvalue weighted by Crippen LogP contribution is 2.38. The molecular weight excluding hydrogens is 546 g/mol. The van der Waals surface area contributed by atoms with Crippen LogP contribution in [-0.4, -0.2) is 57.0 Å². The van der Waals surface area contributed by atoms with Crippen LogP contribution >= 0.6 is 0 Å². The number of amides is 3. The molecule has 214 valence electrons. The first-order chi connectivity index (χ1) is 19.8. The standard InChI is InChI=1S/C32H33N5O4Si/c1-32(2,3)41-31(40)36-13-12-35-19-23(22-16-20(10-14-42(4,5)6)15-21(18-36)28(22)35)26-27(30(39)34-29(26)38)24-17-33-25-9-7-8-11-37(24)25/h7-9,11,15-17,19H,12-13,18H2,1-6H3,(H,34,38,39). The Morgan fingerprint density at radius 1 is 1.07 bits per heavy atom. The molecule has 1 aromatic carbocycles. The van der Waals surface area contributed by atoms with Crippen LogP contribution in [0.4, 0.5) is 4.79 Å². The van der Waals surface area contributed by atoms with Crippen LogP contribution in [0.25, 0.3) is 27.7 Å². The van der Waals surface area contributed by atoms with Crippen molar-refractivity contribution in [2.45, 2.75) is 59.1 Å². The van der Waals surface area contributed by atoms with Crippen molar-refractivity contribution in [1.82, 2.24) is 24.2 Å². The molecule has 10 heteroatoms. The largest absolute Gasteiger partial charge is 0.444 e. The second-order valence-corrected chi connectivity index (χ2v) is 17.5. The number of rotatable bonds is 2. The van der Waals surface area contributed by atoms with Gasteiger partial charge >= 0.3 is 6.09 Å². The molecule has 0 saturated heterocycles. The van der Waals surface area contributed by atoms with E-state index in [1.807, 2.05) is 67.9 Å². The minimum absolute atomic E-state index is 0.283. The maximum atomic E-state index is 13.4. The molecule has 0 aliphatic carbocycles. The lowest BCUT2D eigenvalue weighted by Crippen LogP contribution is -2.37. The Morgan fingerprint density at radius 2 is 1.83 bits per heavy atom. The van der Waals surface area contributed by atoms with E-state index >= 15 is 0 Å². The Bertz CT molecular complexity index is 1910. The third-order valence-corrected chi connectivity index (χ3v) is 8.01. The van der Waals surface area contributed by atoms with Gasteiger partial charge in [-0.1, -0.05) is 31.6 Å². The van der Waals surface area contributed by atoms with Gasteiger partial charge in [-0.2, -0.15) is 0 Å². The lowest BCUT2D eigenvalue weighted by Gasteiger charge is -2.26. The second-order valence-electron chi connectivity index (χ2n) is 12.8. The molecular formula is C32H33N5O4Si. The van der Waals surface area contributed by atoms with Crippen LogP contribution in [0.2, 0.25) is 19.6 Å². The van der Waals surface area contributed by atoms with Gasteiger partial charge in [0.05, 0.1) is 35.1 Å². The molecule has 4 aromatic rings. The summed E-state index contributed by atoms with van der Waals surface area (Å²) in [6, 6.07) is 9.60. The Labute approximate surface area is 245 Å². The Morgan fingerprint density at radius 3 is 2.57 bits per heavy atom. The summed E-state index contributed by atoms with van der Waals surface area (Å²) >= 11 is 0. The van der Waals surface area contributed by atoms with Crippen LogP contribution in [0.1, 0.15) is 43.2 Å². The van der Waals surface area contributed by atoms with Crippen LogP contribution < -0.4 is 5.32 Å². The quantitative estimate of drug-likeness (QED) is 0.208. The summed E-state index contributed by atoms with van der Waals surface area (Å²) in [7, 11) is -1.70. The fourth-order valence-electron chi connectivity index (χ4n) is 5.43. The predicted octanol–water partition coefficient (Wildman–Crippen LogP) is 4.84. The predicted molar refractivity (Wildman–Crippen MR) is 164 cm³/mol. The number of carbonyl (C=O) groups is 3. The molecule has 42 heavy (non-hydrogen) atoms. The van der Waals surface area contributed by atoms with Gasteiger partial charge in [-0.25, -0.2) is 9.78 Å². The van der Waals surface area contributed by atoms with Crippen LogP contribution in [0.5, 0.6) is 0 Å². The number of nitrogens with zero attached hydrogens (tertiary/aromatic N) is 4. The van der Waals surface area contributed by atoms with Gasteiger partial charge in [0.25, 0.3) is 11.8 Å². The second kappa shape index (κ2) is 9.74. The molecule has 0 radical (unpaired) electrons. The molecule has 0 atom stereocenters. The molecule has 0 saturated carbocycles. The van der Waals surface area contributed by atoms with E-state index in [2.05, 4.69) is 46.0 Å². The van der Waals surface area contributed by atoms with Crippen molar-refractivity contribution in [3.63, 3.8) is 0 Å². The summed E-state index contributed by atoms with van der Waals surface area (Å²) < 4.78 is 9.57. The molecule has 9 nitrogen and oxygen atoms in total. The molecule has 0 bridgehead atoms. The van der Waals surface area contributed by atoms with E-state index < -0.39 is 25.5 Å². The molecule has 1 N–H and O–H groups in total. The number of benzene rings is 1. The number of aromatic nitrogens is 3. The van der Waals surface area contributed by atoms with Gasteiger partial charge in [-0.3, -0.25) is 19.3 Å². The lowest BCUT2D eigenvalue weighted by atomic mass is 9.96. The summed E-state index contributed by atoms with van der Waals surface area (Å²) in [6.07, 6.45) is 4.99. The van der Waals surface area contributed by atoms with Crippen molar-refractivity contribution >= 4 is 53.7 Å². The minimum Gasteiger partial charge on any atom is -0.444 e. The van der Waals surface area contributed by atoms with E-state index in [9.17, 15) is 14.4 Å². The molecule has 0 fully saturated rings. The normalized spacial score (nSPS) is 15.6. The van der Waals surface area contributed by atoms with E-state index in [4.69, 9.17) is 4.74 Å². The summed E-state index contributed by atoms with van der Waals surface area (Å²) in [5.41, 5.74) is 7.89. The van der Waals surface area contributed by atoms with E-state index in [1.54, 1.807) is 11.1 Å². The smallest absolute Gasteiger partial charge is 0.410 e. The molecule has 6 rings (SSSR count). The number of carbonyl (C=O) groups excluding carboxylic acids is 3. The summed E-state index contributed by atoms with van der Waals surface area (Å²) in [5.74, 6) is 2.45. The molecule has 3 amide bonds. The number of hydrogen-bond donors (Lipinski definition) is 1. The number of ether oxygens (including phenoxy) is 1. The first-order valence-electron chi connectivity index (χ1n) is 14.0. The maximum Gasteiger partial charge on any atom is 0.410 e. The van der Waals surface area contributed by atoms with E-state index in [0.29, 0.717) is 42.1 Å². The molecule has 3 aromatic heterocycles. The highest BCUT2D eigenvalue weighted by Gasteiger charge is 2.36. The fourth-order valence-corrected chi connectivity index (χ4v) is 5.95. The molecule has 2 aliphatic rings. The van der Waals surface area contributed by atoms with Gasteiger partial charge in [-0.05, 0) is 50.6 Å². The van der Waals surface area contributed by atoms with E-state index in [0.717, 1.165) is 22.0 Å². The molecule has 5 heterocycles. The number of nitrogens with one attached hydrogen (secondary N) is 1. The van der Waals surface area contributed by atoms with Crippen molar-refractivity contribution in [2.75, 3.05) is 6.54 Å². The van der Waals surface area contributed by atoms with Gasteiger partial charge in [0.2, 0.25) is 0 Å². The molecule has 0 unspecified atom stereocenters. The van der Waals surface area contributed by atoms with Gasteiger partial charge in [-0.15, -0.1) is 5.54 Å². The zero-order valence-electron chi connectivity index (χ0n) is 24.7. The molecule has 2 aliphatic heterocycles. The zero-order chi connectivity index (χ0) is 30.0. The highest BCUT2D eigenvalue weighted by molar-refractivity contribution is 6.83. The van der Waals surface area contributed by atoms with Crippen molar-refractivity contribution in [2.24, 2.45) is 0 Å². The minimum atomic E-state index is -1.70. The van der Waals surface area contributed by atoms with Crippen LogP contribution in [0, 0.1) is 11.5 Å².